The summed E-state index contributed by atoms with van der Waals surface area (Å²) in [5.41, 5.74) is 4.68. The second-order valence-corrected chi connectivity index (χ2v) is 7.62. The Morgan fingerprint density at radius 2 is 1.66 bits per heavy atom. The number of nitrogens with one attached hydrogen (secondary N) is 2. The number of amides is 2. The molecule has 7 heteroatoms. The number of aliphatic carboxylic acids is 1. The molecule has 0 aliphatic heterocycles. The van der Waals surface area contributed by atoms with Gasteiger partial charge in [-0.05, 0) is 35.1 Å². The molecule has 0 heterocycles. The van der Waals surface area contributed by atoms with Gasteiger partial charge in [0.1, 0.15) is 6.61 Å². The average molecular weight is 434 g/mol. The number of benzene rings is 2. The first-order valence-electron chi connectivity index (χ1n) is 10.6. The summed E-state index contributed by atoms with van der Waals surface area (Å²) in [6.45, 7) is 2.42. The van der Waals surface area contributed by atoms with Crippen molar-refractivity contribution in [2.45, 2.75) is 25.7 Å². The number of rotatable bonds is 8. The summed E-state index contributed by atoms with van der Waals surface area (Å²) in [5, 5.41) is 13.7. The van der Waals surface area contributed by atoms with E-state index >= 15 is 0 Å². The van der Waals surface area contributed by atoms with Crippen molar-refractivity contribution in [1.29, 1.82) is 0 Å². The molecule has 2 aromatic rings. The molecular formula is C25H26N2O5. The summed E-state index contributed by atoms with van der Waals surface area (Å²) in [7, 11) is 0. The van der Waals surface area contributed by atoms with E-state index in [-0.39, 0.29) is 30.9 Å². The van der Waals surface area contributed by atoms with Crippen molar-refractivity contribution in [2.24, 2.45) is 5.92 Å². The van der Waals surface area contributed by atoms with Crippen LogP contribution in [0.5, 0.6) is 0 Å². The Morgan fingerprint density at radius 3 is 2.28 bits per heavy atom. The van der Waals surface area contributed by atoms with Crippen molar-refractivity contribution in [2.75, 3.05) is 19.7 Å². The van der Waals surface area contributed by atoms with Crippen molar-refractivity contribution in [1.82, 2.24) is 10.6 Å². The molecule has 3 N–H and O–H groups in total. The van der Waals surface area contributed by atoms with E-state index < -0.39 is 12.1 Å². The van der Waals surface area contributed by atoms with Gasteiger partial charge in [0.25, 0.3) is 0 Å². The first kappa shape index (κ1) is 22.9. The Bertz CT molecular complexity index is 1010. The van der Waals surface area contributed by atoms with Gasteiger partial charge < -0.3 is 20.5 Å². The highest BCUT2D eigenvalue weighted by Crippen LogP contribution is 2.44. The van der Waals surface area contributed by atoms with E-state index in [1.165, 1.54) is 11.1 Å². The van der Waals surface area contributed by atoms with Crippen LogP contribution in [0.2, 0.25) is 0 Å². The molecule has 1 unspecified atom stereocenters. The molecule has 32 heavy (non-hydrogen) atoms. The Kier molecular flexibility index (Phi) is 7.87. The fourth-order valence-electron chi connectivity index (χ4n) is 3.80. The standard InChI is InChI=1S/C25H26N2O5/c1-17(24(30)26-14-7-13-23(28)29)8-6-15-27-25(31)32-16-22-20-11-4-2-9-18(20)19-10-3-5-12-21(19)22/h2-5,9-12,17,22H,6,8,14-16H2,1H3,(H,26,30)(H,27,31)(H,28,29). The number of hydrogen-bond donors (Lipinski definition) is 3. The summed E-state index contributed by atoms with van der Waals surface area (Å²) in [6.07, 6.45) is 0.703. The van der Waals surface area contributed by atoms with Crippen LogP contribution in [0.25, 0.3) is 11.1 Å². The summed E-state index contributed by atoms with van der Waals surface area (Å²) < 4.78 is 5.49. The molecule has 0 saturated carbocycles. The predicted molar refractivity (Wildman–Crippen MR) is 120 cm³/mol. The van der Waals surface area contributed by atoms with E-state index in [4.69, 9.17) is 9.84 Å². The molecule has 3 rings (SSSR count). The van der Waals surface area contributed by atoms with Crippen LogP contribution in [0.1, 0.15) is 36.8 Å². The van der Waals surface area contributed by atoms with Gasteiger partial charge in [0.15, 0.2) is 0 Å². The van der Waals surface area contributed by atoms with E-state index in [2.05, 4.69) is 40.8 Å². The third-order valence-electron chi connectivity index (χ3n) is 5.42. The molecule has 0 radical (unpaired) electrons. The number of hydrogen-bond acceptors (Lipinski definition) is 4. The minimum atomic E-state index is -1.23. The maximum atomic E-state index is 12.2. The lowest BCUT2D eigenvalue weighted by Gasteiger charge is -2.15. The van der Waals surface area contributed by atoms with Crippen molar-refractivity contribution in [3.8, 4) is 23.0 Å². The lowest BCUT2D eigenvalue weighted by atomic mass is 9.98. The first-order chi connectivity index (χ1) is 15.5. The van der Waals surface area contributed by atoms with Gasteiger partial charge in [-0.25, -0.2) is 9.59 Å². The summed E-state index contributed by atoms with van der Waals surface area (Å²) in [5.74, 6) is 2.60. The lowest BCUT2D eigenvalue weighted by Crippen LogP contribution is -2.31. The Balaban J connectivity index is 1.39. The average Bonchev–Trinajstić information content (AvgIpc) is 3.11. The Hall–Kier alpha value is -3.79. The van der Waals surface area contributed by atoms with Crippen molar-refractivity contribution < 1.29 is 24.2 Å². The topological polar surface area (TPSA) is 105 Å². The number of fused-ring (bicyclic) bond motifs is 3. The first-order valence-corrected chi connectivity index (χ1v) is 10.6. The smallest absolute Gasteiger partial charge is 0.407 e. The van der Waals surface area contributed by atoms with Crippen molar-refractivity contribution >= 4 is 18.0 Å². The van der Waals surface area contributed by atoms with Crippen LogP contribution in [0.15, 0.2) is 48.5 Å². The normalized spacial score (nSPS) is 12.5. The maximum Gasteiger partial charge on any atom is 0.407 e. The Labute approximate surface area is 187 Å². The molecule has 1 aliphatic rings. The molecule has 1 atom stereocenters. The van der Waals surface area contributed by atoms with Gasteiger partial charge >= 0.3 is 12.1 Å². The molecule has 166 valence electrons. The third-order valence-corrected chi connectivity index (χ3v) is 5.42. The quantitative estimate of drug-likeness (QED) is 0.437. The number of carboxylic acid groups (broad SMARTS) is 1. The molecule has 2 aromatic carbocycles. The van der Waals surface area contributed by atoms with Crippen LogP contribution in [0.3, 0.4) is 0 Å². The van der Waals surface area contributed by atoms with Gasteiger partial charge in [0.05, 0.1) is 6.54 Å². The second kappa shape index (κ2) is 11.0. The van der Waals surface area contributed by atoms with E-state index in [1.807, 2.05) is 30.2 Å². The van der Waals surface area contributed by atoms with Crippen LogP contribution in [0, 0.1) is 17.8 Å². The molecular weight excluding hydrogens is 408 g/mol. The predicted octanol–water partition coefficient (Wildman–Crippen LogP) is 3.15. The molecule has 2 amide bonds. The second-order valence-electron chi connectivity index (χ2n) is 7.62. The molecule has 0 saturated heterocycles. The van der Waals surface area contributed by atoms with E-state index in [9.17, 15) is 14.4 Å². The van der Waals surface area contributed by atoms with Gasteiger partial charge in [-0.3, -0.25) is 4.79 Å². The van der Waals surface area contributed by atoms with Crippen LogP contribution in [-0.2, 0) is 14.3 Å². The van der Waals surface area contributed by atoms with Gasteiger partial charge in [-0.2, -0.15) is 0 Å². The monoisotopic (exact) mass is 434 g/mol. The minimum Gasteiger partial charge on any atom is -0.472 e. The molecule has 7 nitrogen and oxygen atoms in total. The molecule has 0 spiro atoms. The summed E-state index contributed by atoms with van der Waals surface area (Å²) >= 11 is 0. The number of alkyl carbamates (subject to hydrolysis) is 1. The summed E-state index contributed by atoms with van der Waals surface area (Å²) in [4.78, 5) is 34.4. The highest BCUT2D eigenvalue weighted by atomic mass is 16.5. The summed E-state index contributed by atoms with van der Waals surface area (Å²) in [6, 6.07) is 16.3. The van der Waals surface area contributed by atoms with Gasteiger partial charge in [0.2, 0.25) is 5.91 Å². The zero-order valence-electron chi connectivity index (χ0n) is 17.9. The minimum absolute atomic E-state index is 0.00648. The van der Waals surface area contributed by atoms with Gasteiger partial charge in [0, 0.05) is 24.3 Å². The number of carboxylic acids is 1. The fourth-order valence-corrected chi connectivity index (χ4v) is 3.80. The van der Waals surface area contributed by atoms with E-state index in [0.29, 0.717) is 19.4 Å². The highest BCUT2D eigenvalue weighted by Gasteiger charge is 2.28. The maximum absolute atomic E-state index is 12.2. The van der Waals surface area contributed by atoms with Crippen LogP contribution < -0.4 is 10.6 Å². The molecule has 1 aliphatic carbocycles. The van der Waals surface area contributed by atoms with Crippen LogP contribution >= 0.6 is 0 Å². The largest absolute Gasteiger partial charge is 0.472 e. The van der Waals surface area contributed by atoms with Crippen molar-refractivity contribution in [3.63, 3.8) is 0 Å². The zero-order valence-corrected chi connectivity index (χ0v) is 17.9. The Morgan fingerprint density at radius 1 is 1.03 bits per heavy atom. The van der Waals surface area contributed by atoms with Gasteiger partial charge in [-0.1, -0.05) is 61.4 Å². The third kappa shape index (κ3) is 5.88. The fraction of sp³-hybridized carbons (Fsp3) is 0.320. The number of carbonyl (C=O) groups is 3. The SMILES string of the molecule is CC(CCCNC(=O)OCC1c2ccccc2-c2ccccc21)C(=O)NCC#CC(=O)O. The van der Waals surface area contributed by atoms with Crippen LogP contribution in [-0.4, -0.2) is 42.8 Å². The lowest BCUT2D eigenvalue weighted by molar-refractivity contribution is -0.130. The van der Waals surface area contributed by atoms with Crippen LogP contribution in [0.4, 0.5) is 4.79 Å². The zero-order chi connectivity index (χ0) is 22.9. The van der Waals surface area contributed by atoms with Gasteiger partial charge in [-0.15, -0.1) is 0 Å². The molecule has 0 fully saturated rings. The van der Waals surface area contributed by atoms with Crippen molar-refractivity contribution in [3.05, 3.63) is 59.7 Å². The molecule has 0 bridgehead atoms. The number of ether oxygens (including phenoxy) is 1. The van der Waals surface area contributed by atoms with E-state index in [0.717, 1.165) is 11.1 Å². The molecule has 0 aromatic heterocycles. The number of carbonyl (C=O) groups excluding carboxylic acids is 2. The highest BCUT2D eigenvalue weighted by molar-refractivity contribution is 5.86. The van der Waals surface area contributed by atoms with E-state index in [1.54, 1.807) is 6.92 Å².